The minimum Gasteiger partial charge on any atom is -0.325 e. The summed E-state index contributed by atoms with van der Waals surface area (Å²) in [5.41, 5.74) is 1.20. The molecular weight excluding hydrogens is 393 g/mol. The van der Waals surface area contributed by atoms with Gasteiger partial charge in [-0.05, 0) is 37.3 Å². The Morgan fingerprint density at radius 2 is 2.00 bits per heavy atom. The van der Waals surface area contributed by atoms with Crippen LogP contribution in [0.3, 0.4) is 0 Å². The average Bonchev–Trinajstić information content (AvgIpc) is 3.13. The standard InChI is InChI=1S/C20H16FN5O2S/c1-12(18(27)23-14-7-5-6-13(21)10-14)29-20-24-17-16(19(28)25-20)11-22-26(17)15-8-3-2-4-9-15/h2-12H,1H3,(H,23,27)(H,24,25,28). The van der Waals surface area contributed by atoms with E-state index in [1.165, 1.54) is 24.4 Å². The molecule has 2 heterocycles. The van der Waals surface area contributed by atoms with Gasteiger partial charge in [0.15, 0.2) is 10.8 Å². The van der Waals surface area contributed by atoms with Gasteiger partial charge in [-0.15, -0.1) is 0 Å². The van der Waals surface area contributed by atoms with E-state index in [-0.39, 0.29) is 11.5 Å². The van der Waals surface area contributed by atoms with Gasteiger partial charge in [-0.25, -0.2) is 14.1 Å². The first-order valence-corrected chi connectivity index (χ1v) is 9.66. The van der Waals surface area contributed by atoms with Gasteiger partial charge in [0, 0.05) is 5.69 Å². The number of nitrogens with zero attached hydrogens (tertiary/aromatic N) is 3. The van der Waals surface area contributed by atoms with Crippen LogP contribution in [0.2, 0.25) is 0 Å². The summed E-state index contributed by atoms with van der Waals surface area (Å²) in [5.74, 6) is -0.770. The van der Waals surface area contributed by atoms with E-state index in [4.69, 9.17) is 0 Å². The number of nitrogens with one attached hydrogen (secondary N) is 2. The van der Waals surface area contributed by atoms with Crippen molar-refractivity contribution in [3.8, 4) is 5.69 Å². The molecule has 4 rings (SSSR count). The molecule has 4 aromatic rings. The lowest BCUT2D eigenvalue weighted by atomic mass is 10.3. The second-order valence-electron chi connectivity index (χ2n) is 6.26. The number of para-hydroxylation sites is 1. The van der Waals surface area contributed by atoms with E-state index < -0.39 is 11.1 Å². The number of aromatic nitrogens is 4. The zero-order valence-electron chi connectivity index (χ0n) is 15.3. The molecule has 2 aromatic carbocycles. The first-order valence-electron chi connectivity index (χ1n) is 8.78. The fourth-order valence-corrected chi connectivity index (χ4v) is 3.54. The molecule has 0 aliphatic carbocycles. The SMILES string of the molecule is CC(Sc1nc2c(cnn2-c2ccccc2)c(=O)[nH]1)C(=O)Nc1cccc(F)c1. The van der Waals surface area contributed by atoms with Gasteiger partial charge in [0.1, 0.15) is 11.2 Å². The highest BCUT2D eigenvalue weighted by molar-refractivity contribution is 8.00. The largest absolute Gasteiger partial charge is 0.325 e. The summed E-state index contributed by atoms with van der Waals surface area (Å²) in [4.78, 5) is 32.0. The molecule has 7 nitrogen and oxygen atoms in total. The molecule has 146 valence electrons. The Labute approximate surface area is 169 Å². The number of thioether (sulfide) groups is 1. The van der Waals surface area contributed by atoms with Crippen LogP contribution in [-0.2, 0) is 4.79 Å². The van der Waals surface area contributed by atoms with E-state index in [0.717, 1.165) is 17.4 Å². The van der Waals surface area contributed by atoms with Crippen LogP contribution in [0.15, 0.2) is 70.7 Å². The van der Waals surface area contributed by atoms with Crippen molar-refractivity contribution < 1.29 is 9.18 Å². The van der Waals surface area contributed by atoms with E-state index in [1.54, 1.807) is 17.7 Å². The molecule has 9 heteroatoms. The predicted octanol–water partition coefficient (Wildman–Crippen LogP) is 3.37. The Bertz CT molecular complexity index is 1240. The predicted molar refractivity (Wildman–Crippen MR) is 110 cm³/mol. The van der Waals surface area contributed by atoms with Gasteiger partial charge in [0.05, 0.1) is 17.1 Å². The lowest BCUT2D eigenvalue weighted by Crippen LogP contribution is -2.23. The Balaban J connectivity index is 1.59. The number of anilines is 1. The Morgan fingerprint density at radius 3 is 2.76 bits per heavy atom. The number of H-pyrrole nitrogens is 1. The smallest absolute Gasteiger partial charge is 0.262 e. The number of carbonyl (C=O) groups excluding carboxylic acids is 1. The third kappa shape index (κ3) is 4.04. The molecule has 29 heavy (non-hydrogen) atoms. The van der Waals surface area contributed by atoms with Crippen molar-refractivity contribution in [1.82, 2.24) is 19.7 Å². The zero-order valence-corrected chi connectivity index (χ0v) is 16.1. The highest BCUT2D eigenvalue weighted by Crippen LogP contribution is 2.22. The fraction of sp³-hybridized carbons (Fsp3) is 0.100. The quantitative estimate of drug-likeness (QED) is 0.389. The summed E-state index contributed by atoms with van der Waals surface area (Å²) < 4.78 is 14.9. The Kier molecular flexibility index (Phi) is 5.13. The summed E-state index contributed by atoms with van der Waals surface area (Å²) in [5, 5.41) is 6.98. The van der Waals surface area contributed by atoms with Crippen LogP contribution >= 0.6 is 11.8 Å². The maximum atomic E-state index is 13.3. The van der Waals surface area contributed by atoms with E-state index >= 15 is 0 Å². The summed E-state index contributed by atoms with van der Waals surface area (Å²) >= 11 is 1.10. The van der Waals surface area contributed by atoms with Crippen LogP contribution < -0.4 is 10.9 Å². The van der Waals surface area contributed by atoms with E-state index in [1.807, 2.05) is 30.3 Å². The highest BCUT2D eigenvalue weighted by atomic mass is 32.2. The molecule has 2 N–H and O–H groups in total. The molecule has 0 spiro atoms. The van der Waals surface area contributed by atoms with Crippen molar-refractivity contribution in [2.45, 2.75) is 17.3 Å². The minimum absolute atomic E-state index is 0.294. The summed E-state index contributed by atoms with van der Waals surface area (Å²) in [7, 11) is 0. The summed E-state index contributed by atoms with van der Waals surface area (Å²) in [6, 6.07) is 15.0. The van der Waals surface area contributed by atoms with Crippen molar-refractivity contribution in [1.29, 1.82) is 0 Å². The molecule has 1 atom stereocenters. The normalized spacial score (nSPS) is 12.1. The first kappa shape index (κ1) is 18.9. The molecule has 0 aliphatic heterocycles. The van der Waals surface area contributed by atoms with Crippen LogP contribution in [0.4, 0.5) is 10.1 Å². The maximum Gasteiger partial charge on any atom is 0.262 e. The number of hydrogen-bond donors (Lipinski definition) is 2. The number of fused-ring (bicyclic) bond motifs is 1. The van der Waals surface area contributed by atoms with E-state index in [2.05, 4.69) is 20.4 Å². The van der Waals surface area contributed by atoms with E-state index in [9.17, 15) is 14.0 Å². The first-order chi connectivity index (χ1) is 14.0. The number of amides is 1. The van der Waals surface area contributed by atoms with Crippen LogP contribution in [0.5, 0.6) is 0 Å². The molecule has 0 aliphatic rings. The third-order valence-corrected chi connectivity index (χ3v) is 5.15. The van der Waals surface area contributed by atoms with Gasteiger partial charge >= 0.3 is 0 Å². The van der Waals surface area contributed by atoms with Gasteiger partial charge in [0.25, 0.3) is 5.56 Å². The topological polar surface area (TPSA) is 92.7 Å². The van der Waals surface area contributed by atoms with Crippen molar-refractivity contribution in [3.05, 3.63) is 77.0 Å². The summed E-state index contributed by atoms with van der Waals surface area (Å²) in [6.45, 7) is 1.68. The van der Waals surface area contributed by atoms with Crippen LogP contribution in [0, 0.1) is 5.82 Å². The van der Waals surface area contributed by atoms with Gasteiger partial charge < -0.3 is 10.3 Å². The monoisotopic (exact) mass is 409 g/mol. The fourth-order valence-electron chi connectivity index (χ4n) is 2.74. The zero-order chi connectivity index (χ0) is 20.4. The number of aromatic amines is 1. The van der Waals surface area contributed by atoms with E-state index in [0.29, 0.717) is 21.9 Å². The molecule has 0 bridgehead atoms. The molecule has 1 amide bonds. The number of hydrogen-bond acceptors (Lipinski definition) is 5. The van der Waals surface area contributed by atoms with Crippen molar-refractivity contribution in [2.24, 2.45) is 0 Å². The third-order valence-electron chi connectivity index (χ3n) is 4.17. The number of rotatable bonds is 5. The molecule has 2 aromatic heterocycles. The Morgan fingerprint density at radius 1 is 1.21 bits per heavy atom. The lowest BCUT2D eigenvalue weighted by molar-refractivity contribution is -0.115. The maximum absolute atomic E-state index is 13.3. The highest BCUT2D eigenvalue weighted by Gasteiger charge is 2.18. The van der Waals surface area contributed by atoms with Crippen molar-refractivity contribution >= 4 is 34.4 Å². The van der Waals surface area contributed by atoms with Gasteiger partial charge in [-0.1, -0.05) is 36.0 Å². The van der Waals surface area contributed by atoms with Gasteiger partial charge in [-0.2, -0.15) is 5.10 Å². The lowest BCUT2D eigenvalue weighted by Gasteiger charge is -2.11. The number of benzene rings is 2. The van der Waals surface area contributed by atoms with Gasteiger partial charge in [-0.3, -0.25) is 9.59 Å². The van der Waals surface area contributed by atoms with Gasteiger partial charge in [0.2, 0.25) is 5.91 Å². The Hall–Kier alpha value is -3.46. The van der Waals surface area contributed by atoms with Crippen LogP contribution in [0.1, 0.15) is 6.92 Å². The minimum atomic E-state index is -0.577. The number of carbonyl (C=O) groups is 1. The summed E-state index contributed by atoms with van der Waals surface area (Å²) in [6.07, 6.45) is 1.46. The van der Waals surface area contributed by atoms with Crippen LogP contribution in [0.25, 0.3) is 16.7 Å². The molecular formula is C20H16FN5O2S. The molecule has 0 saturated carbocycles. The van der Waals surface area contributed by atoms with Crippen molar-refractivity contribution in [2.75, 3.05) is 5.32 Å². The van der Waals surface area contributed by atoms with Crippen LogP contribution in [-0.4, -0.2) is 30.9 Å². The number of halogens is 1. The molecule has 1 unspecified atom stereocenters. The second kappa shape index (κ2) is 7.88. The molecule has 0 radical (unpaired) electrons. The van der Waals surface area contributed by atoms with Crippen molar-refractivity contribution in [3.63, 3.8) is 0 Å². The molecule has 0 saturated heterocycles. The average molecular weight is 409 g/mol. The molecule has 0 fully saturated rings. The second-order valence-corrected chi connectivity index (χ2v) is 7.59.